The van der Waals surface area contributed by atoms with Gasteiger partial charge < -0.3 is 0 Å². The minimum Gasteiger partial charge on any atom is -0.294 e. The van der Waals surface area contributed by atoms with Crippen LogP contribution in [0.5, 0.6) is 0 Å². The normalized spacial score (nSPS) is 10.6. The lowest BCUT2D eigenvalue weighted by Crippen LogP contribution is -2.09. The van der Waals surface area contributed by atoms with Crippen LogP contribution in [0.1, 0.15) is 44.6 Å². The molecule has 0 amide bonds. The maximum absolute atomic E-state index is 12.1. The van der Waals surface area contributed by atoms with Crippen molar-refractivity contribution in [2.75, 3.05) is 6.16 Å². The van der Waals surface area contributed by atoms with Crippen molar-refractivity contribution in [2.24, 2.45) is 0 Å². The van der Waals surface area contributed by atoms with Gasteiger partial charge in [-0.2, -0.15) is 0 Å². The lowest BCUT2D eigenvalue weighted by molar-refractivity contribution is 0.0988. The molecule has 1 rings (SSSR count). The van der Waals surface area contributed by atoms with Crippen molar-refractivity contribution in [1.29, 1.82) is 0 Å². The van der Waals surface area contributed by atoms with Gasteiger partial charge in [-0.15, -0.1) is 9.24 Å². The summed E-state index contributed by atoms with van der Waals surface area (Å²) in [6.07, 6.45) is 1.46. The van der Waals surface area contributed by atoms with E-state index in [0.29, 0.717) is 6.42 Å². The monoisotopic (exact) mass is 236 g/mol. The highest BCUT2D eigenvalue weighted by Crippen LogP contribution is 2.27. The van der Waals surface area contributed by atoms with Gasteiger partial charge in [0.05, 0.1) is 0 Å². The summed E-state index contributed by atoms with van der Waals surface area (Å²) in [6.45, 7) is 10.5. The van der Waals surface area contributed by atoms with E-state index in [0.717, 1.165) is 22.9 Å². The second kappa shape index (κ2) is 5.10. The van der Waals surface area contributed by atoms with Gasteiger partial charge in [0.2, 0.25) is 0 Å². The summed E-state index contributed by atoms with van der Waals surface area (Å²) in [6, 6.07) is 0. The molecule has 0 aliphatic carbocycles. The minimum absolute atomic E-state index is 0.274. The van der Waals surface area contributed by atoms with E-state index in [1.54, 1.807) is 0 Å². The predicted molar refractivity (Wildman–Crippen MR) is 73.7 cm³/mol. The second-order valence-corrected chi connectivity index (χ2v) is 5.04. The molecule has 0 heterocycles. The molecule has 16 heavy (non-hydrogen) atoms. The van der Waals surface area contributed by atoms with Gasteiger partial charge in [0.1, 0.15) is 0 Å². The van der Waals surface area contributed by atoms with Crippen LogP contribution in [-0.4, -0.2) is 11.9 Å². The third kappa shape index (κ3) is 2.20. The zero-order valence-corrected chi connectivity index (χ0v) is 12.1. The average molecular weight is 236 g/mol. The number of hydrogen-bond donors (Lipinski definition) is 0. The Balaban J connectivity index is 3.45. The van der Waals surface area contributed by atoms with Crippen molar-refractivity contribution in [2.45, 2.75) is 41.0 Å². The Morgan fingerprint density at radius 2 is 1.25 bits per heavy atom. The molecule has 0 saturated carbocycles. The number of rotatable bonds is 3. The van der Waals surface area contributed by atoms with Gasteiger partial charge in [-0.25, -0.2) is 0 Å². The van der Waals surface area contributed by atoms with E-state index in [1.807, 2.05) is 0 Å². The van der Waals surface area contributed by atoms with E-state index in [2.05, 4.69) is 43.9 Å². The molecule has 1 aromatic carbocycles. The Morgan fingerprint density at radius 3 is 1.62 bits per heavy atom. The molecule has 1 aromatic rings. The second-order valence-electron chi connectivity index (χ2n) is 4.46. The fraction of sp³-hybridized carbons (Fsp3) is 0.500. The van der Waals surface area contributed by atoms with Crippen LogP contribution in [0.3, 0.4) is 0 Å². The molecule has 1 atom stereocenters. The van der Waals surface area contributed by atoms with Gasteiger partial charge in [0.15, 0.2) is 5.78 Å². The highest BCUT2D eigenvalue weighted by molar-refractivity contribution is 7.16. The van der Waals surface area contributed by atoms with E-state index in [-0.39, 0.29) is 5.78 Å². The van der Waals surface area contributed by atoms with Crippen LogP contribution in [0.4, 0.5) is 0 Å². The molecular weight excluding hydrogens is 215 g/mol. The number of Topliss-reactive ketones (excluding diaryl/α,β-unsaturated/α-hetero) is 1. The Kier molecular flexibility index (Phi) is 4.27. The lowest BCUT2D eigenvalue weighted by Gasteiger charge is -2.17. The van der Waals surface area contributed by atoms with Crippen molar-refractivity contribution in [3.8, 4) is 0 Å². The predicted octanol–water partition coefficient (Wildman–Crippen LogP) is 3.68. The molecule has 88 valence electrons. The Morgan fingerprint density at radius 1 is 0.875 bits per heavy atom. The third-order valence-electron chi connectivity index (χ3n) is 3.65. The summed E-state index contributed by atoms with van der Waals surface area (Å²) in [5.41, 5.74) is 7.10. The molecule has 0 fully saturated rings. The van der Waals surface area contributed by atoms with Crippen molar-refractivity contribution in [3.05, 3.63) is 33.4 Å². The van der Waals surface area contributed by atoms with Crippen molar-refractivity contribution in [3.63, 3.8) is 0 Å². The van der Waals surface area contributed by atoms with Gasteiger partial charge in [0.25, 0.3) is 0 Å². The van der Waals surface area contributed by atoms with Crippen molar-refractivity contribution < 1.29 is 4.79 Å². The first-order valence-corrected chi connectivity index (χ1v) is 6.53. The molecule has 0 aliphatic rings. The van der Waals surface area contributed by atoms with Gasteiger partial charge in [0, 0.05) is 12.0 Å². The zero-order valence-electron chi connectivity index (χ0n) is 10.9. The third-order valence-corrected chi connectivity index (χ3v) is 3.94. The van der Waals surface area contributed by atoms with Crippen LogP contribution < -0.4 is 0 Å². The first-order chi connectivity index (χ1) is 7.41. The highest BCUT2D eigenvalue weighted by atomic mass is 31.0. The maximum Gasteiger partial charge on any atom is 0.163 e. The summed E-state index contributed by atoms with van der Waals surface area (Å²) in [4.78, 5) is 12.1. The molecule has 0 bridgehead atoms. The molecule has 0 aromatic heterocycles. The van der Waals surface area contributed by atoms with Crippen LogP contribution in [-0.2, 0) is 0 Å². The zero-order chi connectivity index (χ0) is 12.5. The smallest absolute Gasteiger partial charge is 0.163 e. The highest BCUT2D eigenvalue weighted by Gasteiger charge is 2.16. The maximum atomic E-state index is 12.1. The fourth-order valence-corrected chi connectivity index (χ4v) is 2.44. The van der Waals surface area contributed by atoms with E-state index in [9.17, 15) is 4.79 Å². The molecule has 0 aliphatic heterocycles. The van der Waals surface area contributed by atoms with Crippen LogP contribution in [0, 0.1) is 34.6 Å². The molecule has 0 spiro atoms. The molecule has 0 radical (unpaired) electrons. The molecule has 0 N–H and O–H groups in total. The summed E-state index contributed by atoms with van der Waals surface area (Å²) in [5, 5.41) is 0. The number of hydrogen-bond acceptors (Lipinski definition) is 1. The van der Waals surface area contributed by atoms with Crippen LogP contribution >= 0.6 is 9.24 Å². The van der Waals surface area contributed by atoms with Gasteiger partial charge in [-0.05, 0) is 68.6 Å². The van der Waals surface area contributed by atoms with Gasteiger partial charge in [-0.3, -0.25) is 4.79 Å². The average Bonchev–Trinajstić information content (AvgIpc) is 2.24. The van der Waals surface area contributed by atoms with Crippen molar-refractivity contribution in [1.82, 2.24) is 0 Å². The van der Waals surface area contributed by atoms with Crippen LogP contribution in [0.2, 0.25) is 0 Å². The van der Waals surface area contributed by atoms with E-state index in [4.69, 9.17) is 0 Å². The largest absolute Gasteiger partial charge is 0.294 e. The Bertz CT molecular complexity index is 404. The molecule has 0 saturated heterocycles. The first-order valence-electron chi connectivity index (χ1n) is 5.72. The Labute approximate surface area is 101 Å². The summed E-state index contributed by atoms with van der Waals surface area (Å²) in [7, 11) is 2.62. The van der Waals surface area contributed by atoms with E-state index in [1.165, 1.54) is 16.7 Å². The van der Waals surface area contributed by atoms with E-state index < -0.39 is 0 Å². The Hall–Kier alpha value is -0.680. The summed E-state index contributed by atoms with van der Waals surface area (Å²) in [5.74, 6) is 0.274. The van der Waals surface area contributed by atoms with E-state index >= 15 is 0 Å². The fourth-order valence-electron chi connectivity index (χ4n) is 2.17. The number of carbonyl (C=O) groups is 1. The standard InChI is InChI=1S/C14H21OP/c1-8-9(2)11(4)14(12(5)10(8)3)13(15)6-7-16/h6-7,16H2,1-5H3. The minimum atomic E-state index is 0.274. The van der Waals surface area contributed by atoms with Crippen LogP contribution in [0.15, 0.2) is 0 Å². The van der Waals surface area contributed by atoms with Crippen molar-refractivity contribution >= 4 is 15.0 Å². The van der Waals surface area contributed by atoms with Crippen LogP contribution in [0.25, 0.3) is 0 Å². The first kappa shape index (κ1) is 13.4. The number of ketones is 1. The number of carbonyl (C=O) groups excluding carboxylic acids is 1. The number of benzene rings is 1. The summed E-state index contributed by atoms with van der Waals surface area (Å²) < 4.78 is 0. The summed E-state index contributed by atoms with van der Waals surface area (Å²) >= 11 is 0. The SMILES string of the molecule is Cc1c(C)c(C)c(C(=O)CCP)c(C)c1C. The molecule has 1 unspecified atom stereocenters. The molecule has 2 heteroatoms. The molecular formula is C14H21OP. The van der Waals surface area contributed by atoms with Gasteiger partial charge >= 0.3 is 0 Å². The lowest BCUT2D eigenvalue weighted by atomic mass is 9.87. The topological polar surface area (TPSA) is 17.1 Å². The van der Waals surface area contributed by atoms with Gasteiger partial charge in [-0.1, -0.05) is 0 Å². The quantitative estimate of drug-likeness (QED) is 0.578. The molecule has 1 nitrogen and oxygen atoms in total.